The second-order valence-electron chi connectivity index (χ2n) is 7.45. The summed E-state index contributed by atoms with van der Waals surface area (Å²) in [6.45, 7) is 2.25. The van der Waals surface area contributed by atoms with Crippen LogP contribution in [0.3, 0.4) is 0 Å². The molecule has 1 aromatic heterocycles. The summed E-state index contributed by atoms with van der Waals surface area (Å²) in [7, 11) is 0. The molecular weight excluding hydrogens is 563 g/mol. The largest absolute Gasteiger partial charge is 0.343 e. The first-order valence-corrected chi connectivity index (χ1v) is 12.0. The molecular formula is C26H26ClIN4S. The van der Waals surface area contributed by atoms with Crippen LogP contribution < -0.4 is 0 Å². The number of hydrogen-bond acceptors (Lipinski definition) is 3. The van der Waals surface area contributed by atoms with E-state index in [4.69, 9.17) is 16.6 Å². The van der Waals surface area contributed by atoms with E-state index in [1.54, 1.807) is 11.8 Å². The number of benzene rings is 3. The molecule has 0 bridgehead atoms. The van der Waals surface area contributed by atoms with Gasteiger partial charge >= 0.3 is 0 Å². The van der Waals surface area contributed by atoms with Crippen LogP contribution in [0.1, 0.15) is 16.7 Å². The van der Waals surface area contributed by atoms with E-state index in [1.807, 2.05) is 53.5 Å². The molecule has 0 fully saturated rings. The summed E-state index contributed by atoms with van der Waals surface area (Å²) >= 11 is 7.64. The van der Waals surface area contributed by atoms with Crippen LogP contribution >= 0.6 is 47.3 Å². The van der Waals surface area contributed by atoms with Crippen molar-refractivity contribution >= 4 is 58.2 Å². The predicted octanol–water partition coefficient (Wildman–Crippen LogP) is 7.26. The fourth-order valence-electron chi connectivity index (χ4n) is 3.43. The third-order valence-corrected chi connectivity index (χ3v) is 5.95. The van der Waals surface area contributed by atoms with Crippen LogP contribution in [0.5, 0.6) is 0 Å². The van der Waals surface area contributed by atoms with Gasteiger partial charge in [0.2, 0.25) is 0 Å². The highest BCUT2D eigenvalue weighted by molar-refractivity contribution is 14.0. The zero-order valence-corrected chi connectivity index (χ0v) is 22.2. The second kappa shape index (κ2) is 12.8. The van der Waals surface area contributed by atoms with Crippen molar-refractivity contribution in [3.63, 3.8) is 0 Å². The van der Waals surface area contributed by atoms with E-state index in [9.17, 15) is 0 Å². The smallest absolute Gasteiger partial charge is 0.164 e. The minimum Gasteiger partial charge on any atom is -0.343 e. The van der Waals surface area contributed by atoms with Crippen LogP contribution in [-0.4, -0.2) is 26.1 Å². The molecule has 0 atom stereocenters. The van der Waals surface area contributed by atoms with Gasteiger partial charge in [-0.2, -0.15) is 5.10 Å². The van der Waals surface area contributed by atoms with Crippen molar-refractivity contribution in [2.75, 3.05) is 6.26 Å². The Morgan fingerprint density at radius 3 is 2.00 bits per heavy atom. The molecule has 0 aliphatic heterocycles. The molecule has 0 aliphatic carbocycles. The van der Waals surface area contributed by atoms with E-state index >= 15 is 0 Å². The van der Waals surface area contributed by atoms with Gasteiger partial charge in [0.15, 0.2) is 5.17 Å². The maximum Gasteiger partial charge on any atom is 0.164 e. The van der Waals surface area contributed by atoms with Gasteiger partial charge in [-0.15, -0.1) is 24.0 Å². The van der Waals surface area contributed by atoms with Crippen molar-refractivity contribution in [3.05, 3.63) is 119 Å². The lowest BCUT2D eigenvalue weighted by Gasteiger charge is -2.25. The topological polar surface area (TPSA) is 33.4 Å². The van der Waals surface area contributed by atoms with Gasteiger partial charge in [-0.25, -0.2) is 4.99 Å². The first-order chi connectivity index (χ1) is 15.7. The maximum atomic E-state index is 5.99. The monoisotopic (exact) mass is 588 g/mol. The van der Waals surface area contributed by atoms with Crippen molar-refractivity contribution in [1.29, 1.82) is 0 Å². The molecule has 4 rings (SSSR count). The normalized spacial score (nSPS) is 11.2. The number of aromatic nitrogens is 2. The minimum absolute atomic E-state index is 0. The Kier molecular flexibility index (Phi) is 9.84. The first kappa shape index (κ1) is 25.3. The lowest BCUT2D eigenvalue weighted by atomic mass is 10.2. The second-order valence-corrected chi connectivity index (χ2v) is 8.66. The van der Waals surface area contributed by atoms with Gasteiger partial charge in [-0.3, -0.25) is 4.68 Å². The van der Waals surface area contributed by atoms with Gasteiger partial charge in [-0.05, 0) is 35.1 Å². The Bertz CT molecular complexity index is 1110. The van der Waals surface area contributed by atoms with E-state index in [0.29, 0.717) is 6.54 Å². The van der Waals surface area contributed by atoms with E-state index in [0.717, 1.165) is 34.5 Å². The average Bonchev–Trinajstić information content (AvgIpc) is 3.27. The lowest BCUT2D eigenvalue weighted by Crippen LogP contribution is -2.27. The van der Waals surface area contributed by atoms with Crippen LogP contribution in [0.25, 0.3) is 0 Å². The van der Waals surface area contributed by atoms with Crippen LogP contribution in [0.15, 0.2) is 102 Å². The quantitative estimate of drug-likeness (QED) is 0.129. The third-order valence-electron chi connectivity index (χ3n) is 4.99. The number of aliphatic imine (C=N–C) groups is 1. The number of thioether (sulfide) groups is 1. The molecule has 0 radical (unpaired) electrons. The zero-order chi connectivity index (χ0) is 22.2. The molecule has 0 spiro atoms. The number of nitrogens with zero attached hydrogens (tertiary/aromatic N) is 4. The van der Waals surface area contributed by atoms with E-state index in [1.165, 1.54) is 11.1 Å². The number of hydrogen-bond donors (Lipinski definition) is 0. The summed E-state index contributed by atoms with van der Waals surface area (Å²) in [6, 6.07) is 28.8. The molecule has 170 valence electrons. The Morgan fingerprint density at radius 2 is 1.45 bits per heavy atom. The summed E-state index contributed by atoms with van der Waals surface area (Å²) in [5.41, 5.74) is 4.49. The molecule has 0 amide bonds. The van der Waals surface area contributed by atoms with Crippen molar-refractivity contribution in [2.45, 2.75) is 19.6 Å². The minimum atomic E-state index is 0. The lowest BCUT2D eigenvalue weighted by molar-refractivity contribution is 0.415. The fraction of sp³-hybridized carbons (Fsp3) is 0.154. The van der Waals surface area contributed by atoms with Gasteiger partial charge in [0.25, 0.3) is 0 Å². The Balaban J connectivity index is 0.00000306. The van der Waals surface area contributed by atoms with Gasteiger partial charge in [0.05, 0.1) is 18.9 Å². The number of amidine groups is 1. The van der Waals surface area contributed by atoms with Crippen molar-refractivity contribution in [1.82, 2.24) is 14.7 Å². The SMILES string of the molecule is CSC(=Nc1cnn(Cc2ccc(Cl)cc2)c1)N(Cc1ccccc1)Cc1ccccc1.I. The van der Waals surface area contributed by atoms with Gasteiger partial charge in [-0.1, -0.05) is 96.2 Å². The molecule has 0 N–H and O–H groups in total. The molecule has 7 heteroatoms. The highest BCUT2D eigenvalue weighted by atomic mass is 127. The maximum absolute atomic E-state index is 5.99. The third kappa shape index (κ3) is 7.62. The zero-order valence-electron chi connectivity index (χ0n) is 18.3. The highest BCUT2D eigenvalue weighted by Gasteiger charge is 2.13. The predicted molar refractivity (Wildman–Crippen MR) is 151 cm³/mol. The summed E-state index contributed by atoms with van der Waals surface area (Å²) < 4.78 is 1.90. The standard InChI is InChI=1S/C26H25ClN4S.HI/c1-32-26(29-25-16-28-31(20-25)19-23-12-14-24(27)15-13-23)30(17-21-8-4-2-5-9-21)18-22-10-6-3-7-11-22;/h2-16,20H,17-19H2,1H3;1H. The van der Waals surface area contributed by atoms with Crippen LogP contribution in [-0.2, 0) is 19.6 Å². The van der Waals surface area contributed by atoms with E-state index in [-0.39, 0.29) is 24.0 Å². The number of rotatable bonds is 7. The molecule has 0 aliphatic rings. The van der Waals surface area contributed by atoms with Gasteiger partial charge < -0.3 is 4.90 Å². The molecule has 0 unspecified atom stereocenters. The van der Waals surface area contributed by atoms with E-state index < -0.39 is 0 Å². The van der Waals surface area contributed by atoms with Crippen LogP contribution in [0.2, 0.25) is 5.02 Å². The first-order valence-electron chi connectivity index (χ1n) is 10.4. The fourth-order valence-corrected chi connectivity index (χ4v) is 4.14. The van der Waals surface area contributed by atoms with Gasteiger partial charge in [0.1, 0.15) is 5.69 Å². The Morgan fingerprint density at radius 1 is 0.879 bits per heavy atom. The molecule has 4 aromatic rings. The molecule has 33 heavy (non-hydrogen) atoms. The van der Waals surface area contributed by atoms with Crippen LogP contribution in [0.4, 0.5) is 5.69 Å². The molecule has 4 nitrogen and oxygen atoms in total. The summed E-state index contributed by atoms with van der Waals surface area (Å²) in [5, 5.41) is 6.20. The Labute approximate surface area is 221 Å². The summed E-state index contributed by atoms with van der Waals surface area (Å²) in [5.74, 6) is 0. The summed E-state index contributed by atoms with van der Waals surface area (Å²) in [6.07, 6.45) is 5.86. The average molecular weight is 589 g/mol. The van der Waals surface area contributed by atoms with Crippen molar-refractivity contribution in [2.24, 2.45) is 4.99 Å². The Hall–Kier alpha value is -2.29. The molecule has 0 saturated heterocycles. The van der Waals surface area contributed by atoms with Crippen molar-refractivity contribution < 1.29 is 0 Å². The molecule has 0 saturated carbocycles. The van der Waals surface area contributed by atoms with Gasteiger partial charge in [0, 0.05) is 18.1 Å². The number of halogens is 2. The molecule has 1 heterocycles. The molecule has 3 aromatic carbocycles. The highest BCUT2D eigenvalue weighted by Crippen LogP contribution is 2.20. The van der Waals surface area contributed by atoms with Crippen molar-refractivity contribution in [3.8, 4) is 0 Å². The van der Waals surface area contributed by atoms with E-state index in [2.05, 4.69) is 64.8 Å². The summed E-state index contributed by atoms with van der Waals surface area (Å²) in [4.78, 5) is 7.26. The van der Waals surface area contributed by atoms with Crippen LogP contribution in [0, 0.1) is 0 Å².